The molecule has 0 bridgehead atoms. The van der Waals surface area contributed by atoms with Gasteiger partial charge in [0.1, 0.15) is 6.61 Å². The third kappa shape index (κ3) is 4.44. The number of hydrogen-bond donors (Lipinski definition) is 1. The van der Waals surface area contributed by atoms with Crippen LogP contribution >= 0.6 is 11.6 Å². The van der Waals surface area contributed by atoms with Gasteiger partial charge in [0.25, 0.3) is 0 Å². The van der Waals surface area contributed by atoms with Gasteiger partial charge in [-0.3, -0.25) is 0 Å². The molecule has 0 amide bonds. The second-order valence-electron chi connectivity index (χ2n) is 4.31. The highest BCUT2D eigenvalue weighted by atomic mass is 35.5. The third-order valence-corrected chi connectivity index (χ3v) is 3.06. The smallest absolute Gasteiger partial charge is 0.161 e. The molecule has 1 N–H and O–H groups in total. The normalized spacial score (nSPS) is 10.3. The van der Waals surface area contributed by atoms with Gasteiger partial charge in [-0.2, -0.15) is 0 Å². The standard InChI is InChI=1S/C16H18ClNO2/c1-19-15-7-2-3-8-16(15)20-10-9-18-12-13-5-4-6-14(17)11-13/h2-8,11,18H,9-10,12H2,1H3. The van der Waals surface area contributed by atoms with Crippen molar-refractivity contribution >= 4 is 11.6 Å². The molecule has 0 heterocycles. The van der Waals surface area contributed by atoms with Crippen molar-refractivity contribution in [3.8, 4) is 11.5 Å². The van der Waals surface area contributed by atoms with E-state index in [1.54, 1.807) is 7.11 Å². The van der Waals surface area contributed by atoms with Crippen molar-refractivity contribution in [3.05, 3.63) is 59.1 Å². The predicted molar refractivity (Wildman–Crippen MR) is 81.6 cm³/mol. The lowest BCUT2D eigenvalue weighted by Gasteiger charge is -2.10. The zero-order valence-corrected chi connectivity index (χ0v) is 12.2. The molecule has 0 spiro atoms. The summed E-state index contributed by atoms with van der Waals surface area (Å²) in [4.78, 5) is 0. The molecule has 3 nitrogen and oxygen atoms in total. The van der Waals surface area contributed by atoms with E-state index in [0.29, 0.717) is 6.61 Å². The first-order valence-electron chi connectivity index (χ1n) is 6.50. The lowest BCUT2D eigenvalue weighted by molar-refractivity contribution is 0.292. The van der Waals surface area contributed by atoms with E-state index in [4.69, 9.17) is 21.1 Å². The summed E-state index contributed by atoms with van der Waals surface area (Å²) in [6, 6.07) is 15.4. The number of hydrogen-bond acceptors (Lipinski definition) is 3. The maximum absolute atomic E-state index is 5.93. The quantitative estimate of drug-likeness (QED) is 0.792. The van der Waals surface area contributed by atoms with E-state index in [-0.39, 0.29) is 0 Å². The van der Waals surface area contributed by atoms with Crippen LogP contribution in [0.2, 0.25) is 5.02 Å². The Kier molecular flexibility index (Phi) is 5.71. The molecule has 0 radical (unpaired) electrons. The Morgan fingerprint density at radius 1 is 1.05 bits per heavy atom. The van der Waals surface area contributed by atoms with Crippen molar-refractivity contribution in [2.75, 3.05) is 20.3 Å². The van der Waals surface area contributed by atoms with Gasteiger partial charge in [-0.1, -0.05) is 35.9 Å². The summed E-state index contributed by atoms with van der Waals surface area (Å²) in [5.74, 6) is 1.52. The van der Waals surface area contributed by atoms with Gasteiger partial charge < -0.3 is 14.8 Å². The van der Waals surface area contributed by atoms with Gasteiger partial charge in [0.2, 0.25) is 0 Å². The van der Waals surface area contributed by atoms with Gasteiger partial charge in [-0.25, -0.2) is 0 Å². The highest BCUT2D eigenvalue weighted by molar-refractivity contribution is 6.30. The Balaban J connectivity index is 1.71. The number of para-hydroxylation sites is 2. The molecule has 0 aromatic heterocycles. The Morgan fingerprint density at radius 3 is 2.60 bits per heavy atom. The SMILES string of the molecule is COc1ccccc1OCCNCc1cccc(Cl)c1. The molecule has 0 atom stereocenters. The summed E-state index contributed by atoms with van der Waals surface area (Å²) in [6.45, 7) is 2.11. The summed E-state index contributed by atoms with van der Waals surface area (Å²) in [7, 11) is 1.64. The fourth-order valence-corrected chi connectivity index (χ4v) is 2.06. The minimum Gasteiger partial charge on any atom is -0.493 e. The number of ether oxygens (including phenoxy) is 2. The summed E-state index contributed by atoms with van der Waals surface area (Å²) in [6.07, 6.45) is 0. The molecule has 0 aliphatic rings. The van der Waals surface area contributed by atoms with Gasteiger partial charge in [0.05, 0.1) is 7.11 Å². The van der Waals surface area contributed by atoms with Crippen LogP contribution in [0.25, 0.3) is 0 Å². The Morgan fingerprint density at radius 2 is 1.85 bits per heavy atom. The highest BCUT2D eigenvalue weighted by Crippen LogP contribution is 2.25. The second-order valence-corrected chi connectivity index (χ2v) is 4.74. The van der Waals surface area contributed by atoms with Crippen LogP contribution in [0, 0.1) is 0 Å². The van der Waals surface area contributed by atoms with Gasteiger partial charge in [0.15, 0.2) is 11.5 Å². The summed E-state index contributed by atoms with van der Waals surface area (Å²) in [5.41, 5.74) is 1.16. The Bertz CT molecular complexity index is 546. The van der Waals surface area contributed by atoms with Crippen LogP contribution in [0.5, 0.6) is 11.5 Å². The van der Waals surface area contributed by atoms with Gasteiger partial charge >= 0.3 is 0 Å². The van der Waals surface area contributed by atoms with Crippen LogP contribution in [0.4, 0.5) is 0 Å². The topological polar surface area (TPSA) is 30.5 Å². The molecule has 0 aliphatic heterocycles. The van der Waals surface area contributed by atoms with E-state index in [0.717, 1.165) is 35.2 Å². The van der Waals surface area contributed by atoms with E-state index in [2.05, 4.69) is 5.32 Å². The molecule has 0 aliphatic carbocycles. The molecule has 2 aromatic rings. The number of benzene rings is 2. The van der Waals surface area contributed by atoms with Crippen molar-refractivity contribution in [2.24, 2.45) is 0 Å². The van der Waals surface area contributed by atoms with Crippen LogP contribution in [0.1, 0.15) is 5.56 Å². The van der Waals surface area contributed by atoms with E-state index >= 15 is 0 Å². The number of methoxy groups -OCH3 is 1. The molecule has 2 aromatic carbocycles. The fourth-order valence-electron chi connectivity index (χ4n) is 1.85. The second kappa shape index (κ2) is 7.78. The average molecular weight is 292 g/mol. The number of nitrogens with one attached hydrogen (secondary N) is 1. The van der Waals surface area contributed by atoms with Crippen molar-refractivity contribution < 1.29 is 9.47 Å². The molecule has 4 heteroatoms. The minimum absolute atomic E-state index is 0.584. The first kappa shape index (κ1) is 14.7. The van der Waals surface area contributed by atoms with Crippen molar-refractivity contribution in [2.45, 2.75) is 6.54 Å². The minimum atomic E-state index is 0.584. The maximum Gasteiger partial charge on any atom is 0.161 e. The van der Waals surface area contributed by atoms with Gasteiger partial charge in [-0.15, -0.1) is 0 Å². The van der Waals surface area contributed by atoms with E-state index in [9.17, 15) is 0 Å². The van der Waals surface area contributed by atoms with Crippen LogP contribution < -0.4 is 14.8 Å². The summed E-state index contributed by atoms with van der Waals surface area (Å²) >= 11 is 5.93. The number of rotatable bonds is 7. The van der Waals surface area contributed by atoms with Crippen molar-refractivity contribution in [3.63, 3.8) is 0 Å². The molecule has 20 heavy (non-hydrogen) atoms. The molecular weight excluding hydrogens is 274 g/mol. The number of halogens is 1. The Labute approximate surface area is 124 Å². The molecule has 0 saturated heterocycles. The average Bonchev–Trinajstić information content (AvgIpc) is 2.47. The van der Waals surface area contributed by atoms with Crippen LogP contribution in [-0.2, 0) is 6.54 Å². The van der Waals surface area contributed by atoms with Gasteiger partial charge in [0, 0.05) is 18.1 Å². The molecule has 106 valence electrons. The fraction of sp³-hybridized carbons (Fsp3) is 0.250. The lowest BCUT2D eigenvalue weighted by Crippen LogP contribution is -2.20. The van der Waals surface area contributed by atoms with Crippen LogP contribution in [0.15, 0.2) is 48.5 Å². The first-order chi connectivity index (χ1) is 9.79. The third-order valence-electron chi connectivity index (χ3n) is 2.82. The highest BCUT2D eigenvalue weighted by Gasteiger charge is 2.01. The lowest BCUT2D eigenvalue weighted by atomic mass is 10.2. The predicted octanol–water partition coefficient (Wildman–Crippen LogP) is 3.52. The van der Waals surface area contributed by atoms with Crippen molar-refractivity contribution in [1.29, 1.82) is 0 Å². The maximum atomic E-state index is 5.93. The molecular formula is C16H18ClNO2. The molecule has 0 saturated carbocycles. The van der Waals surface area contributed by atoms with E-state index in [1.165, 1.54) is 0 Å². The first-order valence-corrected chi connectivity index (χ1v) is 6.88. The molecule has 0 unspecified atom stereocenters. The van der Waals surface area contributed by atoms with E-state index in [1.807, 2.05) is 48.5 Å². The van der Waals surface area contributed by atoms with Crippen LogP contribution in [0.3, 0.4) is 0 Å². The van der Waals surface area contributed by atoms with E-state index < -0.39 is 0 Å². The van der Waals surface area contributed by atoms with Gasteiger partial charge in [-0.05, 0) is 29.8 Å². The Hall–Kier alpha value is -1.71. The van der Waals surface area contributed by atoms with Crippen LogP contribution in [-0.4, -0.2) is 20.3 Å². The van der Waals surface area contributed by atoms with Crippen molar-refractivity contribution in [1.82, 2.24) is 5.32 Å². The monoisotopic (exact) mass is 291 g/mol. The largest absolute Gasteiger partial charge is 0.493 e. The summed E-state index contributed by atoms with van der Waals surface area (Å²) in [5, 5.41) is 4.07. The molecule has 0 fully saturated rings. The zero-order valence-electron chi connectivity index (χ0n) is 11.4. The summed E-state index contributed by atoms with van der Waals surface area (Å²) < 4.78 is 10.9. The molecule has 2 rings (SSSR count). The zero-order chi connectivity index (χ0) is 14.2.